The molecule has 0 heterocycles. The van der Waals surface area contributed by atoms with Gasteiger partial charge in [0.2, 0.25) is 0 Å². The first kappa shape index (κ1) is 16.1. The molecule has 0 saturated carbocycles. The second-order valence-electron chi connectivity index (χ2n) is 4.45. The minimum absolute atomic E-state index is 0.00771. The zero-order chi connectivity index (χ0) is 13.4. The molecule has 0 aromatic heterocycles. The van der Waals surface area contributed by atoms with Crippen molar-refractivity contribution in [3.05, 3.63) is 0 Å². The molecule has 0 aliphatic rings. The van der Waals surface area contributed by atoms with Gasteiger partial charge in [-0.25, -0.2) is 0 Å². The van der Waals surface area contributed by atoms with Crippen LogP contribution in [0.5, 0.6) is 0 Å². The van der Waals surface area contributed by atoms with Crippen molar-refractivity contribution in [2.75, 3.05) is 0 Å². The number of ether oxygens (including phenoxy) is 2. The largest absolute Gasteiger partial charge is 0.481 e. The highest BCUT2D eigenvalue weighted by Gasteiger charge is 2.16. The van der Waals surface area contributed by atoms with E-state index in [1.165, 1.54) is 0 Å². The Hall–Kier alpha value is -0.940. The molecule has 0 rings (SSSR count). The lowest BCUT2D eigenvalue weighted by atomic mass is 10.1. The van der Waals surface area contributed by atoms with Gasteiger partial charge in [-0.3, -0.25) is 9.59 Å². The van der Waals surface area contributed by atoms with Crippen LogP contribution in [0.3, 0.4) is 0 Å². The lowest BCUT2D eigenvalue weighted by molar-refractivity contribution is -0.184. The Morgan fingerprint density at radius 3 is 1.88 bits per heavy atom. The van der Waals surface area contributed by atoms with Crippen LogP contribution in [-0.4, -0.2) is 35.4 Å². The second-order valence-corrected chi connectivity index (χ2v) is 4.45. The fourth-order valence-corrected chi connectivity index (χ4v) is 1.31. The number of aliphatic carboxylic acids is 1. The maximum atomic E-state index is 11.2. The van der Waals surface area contributed by atoms with Crippen LogP contribution in [0.4, 0.5) is 0 Å². The Kier molecular flexibility index (Phi) is 7.74. The summed E-state index contributed by atoms with van der Waals surface area (Å²) in [6.07, 6.45) is -0.316. The van der Waals surface area contributed by atoms with E-state index in [2.05, 4.69) is 0 Å². The molecule has 0 saturated heterocycles. The van der Waals surface area contributed by atoms with Crippen molar-refractivity contribution in [2.24, 2.45) is 0 Å². The second kappa shape index (κ2) is 8.20. The number of rotatable bonds is 9. The number of carbonyl (C=O) groups excluding carboxylic acids is 1. The van der Waals surface area contributed by atoms with Gasteiger partial charge in [0.1, 0.15) is 12.2 Å². The standard InChI is InChI=1S/C12H22O5/c1-8(2)16-12(17-9(3)4)6-5-10(13)7-11(14)15/h8-9,12H,5-7H2,1-4H3,(H,14,15). The van der Waals surface area contributed by atoms with Crippen molar-refractivity contribution in [1.82, 2.24) is 0 Å². The predicted octanol–water partition coefficient (Wildman–Crippen LogP) is 1.99. The van der Waals surface area contributed by atoms with Gasteiger partial charge in [-0.2, -0.15) is 0 Å². The van der Waals surface area contributed by atoms with Gasteiger partial charge in [0.25, 0.3) is 0 Å². The molecule has 0 unspecified atom stereocenters. The fraction of sp³-hybridized carbons (Fsp3) is 0.833. The Bertz CT molecular complexity index is 237. The first-order valence-electron chi connectivity index (χ1n) is 5.85. The third-order valence-corrected chi connectivity index (χ3v) is 1.86. The van der Waals surface area contributed by atoms with Crippen LogP contribution < -0.4 is 0 Å². The number of carboxylic acid groups (broad SMARTS) is 1. The Balaban J connectivity index is 4.06. The summed E-state index contributed by atoms with van der Waals surface area (Å²) in [4.78, 5) is 21.6. The molecule has 1 N–H and O–H groups in total. The molecule has 0 spiro atoms. The number of carbonyl (C=O) groups is 2. The summed E-state index contributed by atoms with van der Waals surface area (Å²) >= 11 is 0. The van der Waals surface area contributed by atoms with E-state index in [0.29, 0.717) is 6.42 Å². The molecular weight excluding hydrogens is 224 g/mol. The summed E-state index contributed by atoms with van der Waals surface area (Å²) in [5.41, 5.74) is 0. The number of ketones is 1. The zero-order valence-corrected chi connectivity index (χ0v) is 10.9. The van der Waals surface area contributed by atoms with Crippen molar-refractivity contribution in [3.8, 4) is 0 Å². The van der Waals surface area contributed by atoms with E-state index in [9.17, 15) is 9.59 Å². The van der Waals surface area contributed by atoms with Crippen molar-refractivity contribution >= 4 is 11.8 Å². The van der Waals surface area contributed by atoms with Gasteiger partial charge in [-0.05, 0) is 27.7 Å². The SMILES string of the molecule is CC(C)OC(CCC(=O)CC(=O)O)OC(C)C. The molecule has 5 heteroatoms. The molecule has 0 aromatic rings. The number of hydrogen-bond donors (Lipinski definition) is 1. The van der Waals surface area contributed by atoms with Gasteiger partial charge in [0.05, 0.1) is 12.2 Å². The summed E-state index contributed by atoms with van der Waals surface area (Å²) in [6.45, 7) is 7.54. The van der Waals surface area contributed by atoms with Crippen LogP contribution in [0.2, 0.25) is 0 Å². The van der Waals surface area contributed by atoms with Crippen LogP contribution in [0, 0.1) is 0 Å². The first-order chi connectivity index (χ1) is 7.81. The van der Waals surface area contributed by atoms with Crippen molar-refractivity contribution in [2.45, 2.75) is 65.5 Å². The zero-order valence-electron chi connectivity index (χ0n) is 10.9. The van der Waals surface area contributed by atoms with E-state index in [4.69, 9.17) is 14.6 Å². The summed E-state index contributed by atoms with van der Waals surface area (Å²) in [7, 11) is 0. The van der Waals surface area contributed by atoms with E-state index in [0.717, 1.165) is 0 Å². The maximum Gasteiger partial charge on any atom is 0.310 e. The fourth-order valence-electron chi connectivity index (χ4n) is 1.31. The summed E-state index contributed by atoms with van der Waals surface area (Å²) in [6, 6.07) is 0. The van der Waals surface area contributed by atoms with Crippen LogP contribution in [0.15, 0.2) is 0 Å². The topological polar surface area (TPSA) is 72.8 Å². The van der Waals surface area contributed by atoms with E-state index in [-0.39, 0.29) is 24.4 Å². The van der Waals surface area contributed by atoms with Gasteiger partial charge in [-0.15, -0.1) is 0 Å². The Labute approximate surface area is 102 Å². The molecule has 5 nitrogen and oxygen atoms in total. The molecule has 0 bridgehead atoms. The third-order valence-electron chi connectivity index (χ3n) is 1.86. The van der Waals surface area contributed by atoms with E-state index < -0.39 is 18.7 Å². The molecule has 0 fully saturated rings. The Morgan fingerprint density at radius 1 is 1.06 bits per heavy atom. The quantitative estimate of drug-likeness (QED) is 0.497. The minimum Gasteiger partial charge on any atom is -0.481 e. The van der Waals surface area contributed by atoms with Crippen LogP contribution in [-0.2, 0) is 19.1 Å². The highest BCUT2D eigenvalue weighted by Crippen LogP contribution is 2.11. The molecular formula is C12H22O5. The smallest absolute Gasteiger partial charge is 0.310 e. The summed E-state index contributed by atoms with van der Waals surface area (Å²) < 4.78 is 11.0. The molecule has 0 atom stereocenters. The Morgan fingerprint density at radius 2 is 1.53 bits per heavy atom. The minimum atomic E-state index is -1.10. The maximum absolute atomic E-state index is 11.2. The normalized spacial score (nSPS) is 11.5. The number of Topliss-reactive ketones (excluding diaryl/α,β-unsaturated/α-hetero) is 1. The lowest BCUT2D eigenvalue weighted by Crippen LogP contribution is -2.25. The van der Waals surface area contributed by atoms with Gasteiger partial charge in [0, 0.05) is 12.8 Å². The van der Waals surface area contributed by atoms with Crippen LogP contribution in [0.25, 0.3) is 0 Å². The van der Waals surface area contributed by atoms with Crippen molar-refractivity contribution in [1.29, 1.82) is 0 Å². The van der Waals surface area contributed by atoms with Crippen molar-refractivity contribution < 1.29 is 24.2 Å². The van der Waals surface area contributed by atoms with Crippen LogP contribution >= 0.6 is 0 Å². The molecule has 17 heavy (non-hydrogen) atoms. The monoisotopic (exact) mass is 246 g/mol. The molecule has 0 aliphatic heterocycles. The first-order valence-corrected chi connectivity index (χ1v) is 5.85. The van der Waals surface area contributed by atoms with E-state index >= 15 is 0 Å². The lowest BCUT2D eigenvalue weighted by Gasteiger charge is -2.22. The van der Waals surface area contributed by atoms with Crippen LogP contribution in [0.1, 0.15) is 47.0 Å². The summed E-state index contributed by atoms with van der Waals surface area (Å²) in [5, 5.41) is 8.46. The molecule has 0 aromatic carbocycles. The average molecular weight is 246 g/mol. The van der Waals surface area contributed by atoms with Gasteiger partial charge < -0.3 is 14.6 Å². The van der Waals surface area contributed by atoms with Gasteiger partial charge in [0.15, 0.2) is 6.29 Å². The number of hydrogen-bond acceptors (Lipinski definition) is 4. The highest BCUT2D eigenvalue weighted by molar-refractivity contribution is 5.94. The molecule has 0 radical (unpaired) electrons. The highest BCUT2D eigenvalue weighted by atomic mass is 16.7. The number of carboxylic acids is 1. The third kappa shape index (κ3) is 9.96. The van der Waals surface area contributed by atoms with Gasteiger partial charge in [-0.1, -0.05) is 0 Å². The molecule has 0 aliphatic carbocycles. The average Bonchev–Trinajstić information content (AvgIpc) is 2.11. The van der Waals surface area contributed by atoms with E-state index in [1.54, 1.807) is 0 Å². The predicted molar refractivity (Wildman–Crippen MR) is 62.7 cm³/mol. The summed E-state index contributed by atoms with van der Waals surface area (Å²) in [5.74, 6) is -1.40. The van der Waals surface area contributed by atoms with Gasteiger partial charge >= 0.3 is 5.97 Å². The molecule has 100 valence electrons. The van der Waals surface area contributed by atoms with Crippen molar-refractivity contribution in [3.63, 3.8) is 0 Å². The molecule has 0 amide bonds. The van der Waals surface area contributed by atoms with E-state index in [1.807, 2.05) is 27.7 Å².